The minimum atomic E-state index is 0.191. The second-order valence-corrected chi connectivity index (χ2v) is 8.08. The summed E-state index contributed by atoms with van der Waals surface area (Å²) in [6.45, 7) is 2.20. The number of aliphatic imine (C=N–C) groups is 1. The highest BCUT2D eigenvalue weighted by molar-refractivity contribution is 6.14. The van der Waals surface area contributed by atoms with Crippen molar-refractivity contribution >= 4 is 28.8 Å². The maximum Gasteiger partial charge on any atom is 0.142 e. The summed E-state index contributed by atoms with van der Waals surface area (Å²) in [5.74, 6) is 0.826. The number of rotatable bonds is 5. The molecular formula is C30H26N2O. The van der Waals surface area contributed by atoms with Crippen molar-refractivity contribution in [1.82, 2.24) is 0 Å². The third kappa shape index (κ3) is 4.18. The van der Waals surface area contributed by atoms with Crippen molar-refractivity contribution in [1.29, 1.82) is 0 Å². The Balaban J connectivity index is 1.65. The van der Waals surface area contributed by atoms with Crippen LogP contribution in [0, 0.1) is 0 Å². The molecule has 0 saturated heterocycles. The third-order valence-corrected chi connectivity index (χ3v) is 5.92. The summed E-state index contributed by atoms with van der Waals surface area (Å²) in [5.41, 5.74) is 7.36. The number of benzene rings is 4. The summed E-state index contributed by atoms with van der Waals surface area (Å²) < 4.78 is 5.78. The lowest BCUT2D eigenvalue weighted by Gasteiger charge is -2.34. The van der Waals surface area contributed by atoms with E-state index in [1.165, 1.54) is 11.3 Å². The first-order chi connectivity index (χ1) is 16.2. The van der Waals surface area contributed by atoms with E-state index in [-0.39, 0.29) is 6.04 Å². The molecule has 1 heterocycles. The van der Waals surface area contributed by atoms with Gasteiger partial charge < -0.3 is 9.64 Å². The SMILES string of the molecule is COc1ccc(N=C(c2ccccc2)c2ccccc2)cc1N1c2ccccc2C=CC1C. The Labute approximate surface area is 195 Å². The van der Waals surface area contributed by atoms with Gasteiger partial charge in [-0.15, -0.1) is 0 Å². The fourth-order valence-electron chi connectivity index (χ4n) is 4.30. The van der Waals surface area contributed by atoms with Gasteiger partial charge in [-0.05, 0) is 36.8 Å². The van der Waals surface area contributed by atoms with Gasteiger partial charge in [0.1, 0.15) is 5.75 Å². The Hall–Kier alpha value is -4.11. The van der Waals surface area contributed by atoms with Crippen molar-refractivity contribution in [3.05, 3.63) is 126 Å². The molecule has 0 saturated carbocycles. The highest BCUT2D eigenvalue weighted by Gasteiger charge is 2.23. The number of hydrogen-bond acceptors (Lipinski definition) is 3. The molecule has 0 amide bonds. The zero-order chi connectivity index (χ0) is 22.6. The van der Waals surface area contributed by atoms with Crippen LogP contribution in [-0.2, 0) is 0 Å². The molecule has 0 fully saturated rings. The fourth-order valence-corrected chi connectivity index (χ4v) is 4.30. The largest absolute Gasteiger partial charge is 0.495 e. The van der Waals surface area contributed by atoms with E-state index in [1.807, 2.05) is 48.5 Å². The standard InChI is InChI=1S/C30H26N2O/c1-22-17-18-23-11-9-10-16-27(23)32(22)28-21-26(19-20-29(28)33-2)31-30(24-12-5-3-6-13-24)25-14-7-4-8-15-25/h3-22H,1-2H3. The molecule has 3 nitrogen and oxygen atoms in total. The van der Waals surface area contributed by atoms with Crippen molar-refractivity contribution in [3.63, 3.8) is 0 Å². The first kappa shape index (κ1) is 20.8. The van der Waals surface area contributed by atoms with Crippen molar-refractivity contribution in [2.45, 2.75) is 13.0 Å². The summed E-state index contributed by atoms with van der Waals surface area (Å²) in [6, 6.07) is 35.4. The van der Waals surface area contributed by atoms with E-state index in [4.69, 9.17) is 9.73 Å². The van der Waals surface area contributed by atoms with Crippen LogP contribution in [0.5, 0.6) is 5.75 Å². The molecular weight excluding hydrogens is 404 g/mol. The van der Waals surface area contributed by atoms with Crippen LogP contribution in [0.3, 0.4) is 0 Å². The summed E-state index contributed by atoms with van der Waals surface area (Å²) in [7, 11) is 1.72. The van der Waals surface area contributed by atoms with Crippen molar-refractivity contribution < 1.29 is 4.74 Å². The number of anilines is 2. The number of fused-ring (bicyclic) bond motifs is 1. The molecule has 0 aromatic heterocycles. The molecule has 162 valence electrons. The molecule has 1 atom stereocenters. The smallest absolute Gasteiger partial charge is 0.142 e. The van der Waals surface area contributed by atoms with Crippen molar-refractivity contribution in [2.24, 2.45) is 4.99 Å². The molecule has 5 rings (SSSR count). The van der Waals surface area contributed by atoms with Crippen LogP contribution in [0.4, 0.5) is 17.1 Å². The molecule has 0 N–H and O–H groups in total. The predicted molar refractivity (Wildman–Crippen MR) is 138 cm³/mol. The van der Waals surface area contributed by atoms with Crippen LogP contribution in [-0.4, -0.2) is 18.9 Å². The molecule has 0 spiro atoms. The molecule has 1 aliphatic rings. The normalized spacial score (nSPS) is 14.5. The van der Waals surface area contributed by atoms with Gasteiger partial charge in [-0.3, -0.25) is 0 Å². The van der Waals surface area contributed by atoms with Gasteiger partial charge in [0.05, 0.1) is 24.2 Å². The van der Waals surface area contributed by atoms with E-state index in [9.17, 15) is 0 Å². The summed E-state index contributed by atoms with van der Waals surface area (Å²) in [4.78, 5) is 7.44. The molecule has 4 aromatic rings. The zero-order valence-electron chi connectivity index (χ0n) is 18.8. The zero-order valence-corrected chi connectivity index (χ0v) is 18.8. The van der Waals surface area contributed by atoms with Crippen LogP contribution in [0.2, 0.25) is 0 Å². The van der Waals surface area contributed by atoms with Gasteiger partial charge in [0.2, 0.25) is 0 Å². The highest BCUT2D eigenvalue weighted by Crippen LogP contribution is 2.42. The lowest BCUT2D eigenvalue weighted by atomic mass is 10.0. The number of ether oxygens (including phenoxy) is 1. The van der Waals surface area contributed by atoms with E-state index in [0.29, 0.717) is 0 Å². The van der Waals surface area contributed by atoms with E-state index < -0.39 is 0 Å². The summed E-state index contributed by atoms with van der Waals surface area (Å²) in [6.07, 6.45) is 4.41. The maximum atomic E-state index is 5.78. The van der Waals surface area contributed by atoms with Gasteiger partial charge in [-0.1, -0.05) is 91.0 Å². The Morgan fingerprint density at radius 1 is 0.758 bits per heavy atom. The van der Waals surface area contributed by atoms with Crippen LogP contribution >= 0.6 is 0 Å². The molecule has 0 bridgehead atoms. The fraction of sp³-hybridized carbons (Fsp3) is 0.100. The minimum Gasteiger partial charge on any atom is -0.495 e. The van der Waals surface area contributed by atoms with Crippen LogP contribution in [0.25, 0.3) is 6.08 Å². The second kappa shape index (κ2) is 9.17. The first-order valence-corrected chi connectivity index (χ1v) is 11.2. The topological polar surface area (TPSA) is 24.8 Å². The molecule has 1 unspecified atom stereocenters. The van der Waals surface area contributed by atoms with E-state index in [2.05, 4.69) is 78.6 Å². The Kier molecular flexibility index (Phi) is 5.77. The second-order valence-electron chi connectivity index (χ2n) is 8.08. The summed E-state index contributed by atoms with van der Waals surface area (Å²) in [5, 5.41) is 0. The molecule has 4 aromatic carbocycles. The lowest BCUT2D eigenvalue weighted by Crippen LogP contribution is -2.29. The monoisotopic (exact) mass is 430 g/mol. The predicted octanol–water partition coefficient (Wildman–Crippen LogP) is 7.42. The van der Waals surface area contributed by atoms with Gasteiger partial charge in [-0.2, -0.15) is 0 Å². The number of para-hydroxylation sites is 1. The lowest BCUT2D eigenvalue weighted by molar-refractivity contribution is 0.415. The van der Waals surface area contributed by atoms with Gasteiger partial charge >= 0.3 is 0 Å². The van der Waals surface area contributed by atoms with Gasteiger partial charge in [0, 0.05) is 22.9 Å². The third-order valence-electron chi connectivity index (χ3n) is 5.92. The Morgan fingerprint density at radius 3 is 2.06 bits per heavy atom. The van der Waals surface area contributed by atoms with Crippen LogP contribution in [0.1, 0.15) is 23.6 Å². The molecule has 0 radical (unpaired) electrons. The molecule has 0 aliphatic carbocycles. The number of nitrogens with zero attached hydrogens (tertiary/aromatic N) is 2. The highest BCUT2D eigenvalue weighted by atomic mass is 16.5. The Bertz CT molecular complexity index is 1270. The van der Waals surface area contributed by atoms with Crippen LogP contribution in [0.15, 0.2) is 114 Å². The maximum absolute atomic E-state index is 5.78. The Morgan fingerprint density at radius 2 is 1.39 bits per heavy atom. The van der Waals surface area contributed by atoms with E-state index in [1.54, 1.807) is 7.11 Å². The minimum absolute atomic E-state index is 0.191. The van der Waals surface area contributed by atoms with Gasteiger partial charge in [0.25, 0.3) is 0 Å². The summed E-state index contributed by atoms with van der Waals surface area (Å²) >= 11 is 0. The quantitative estimate of drug-likeness (QED) is 0.308. The average Bonchev–Trinajstić information content (AvgIpc) is 2.88. The first-order valence-electron chi connectivity index (χ1n) is 11.2. The van der Waals surface area contributed by atoms with E-state index in [0.717, 1.165) is 34.0 Å². The van der Waals surface area contributed by atoms with Crippen LogP contribution < -0.4 is 9.64 Å². The van der Waals surface area contributed by atoms with Gasteiger partial charge in [0.15, 0.2) is 0 Å². The molecule has 3 heteroatoms. The molecule has 33 heavy (non-hydrogen) atoms. The van der Waals surface area contributed by atoms with Crippen molar-refractivity contribution in [3.8, 4) is 5.75 Å². The average molecular weight is 431 g/mol. The van der Waals surface area contributed by atoms with Crippen molar-refractivity contribution in [2.75, 3.05) is 12.0 Å². The van der Waals surface area contributed by atoms with E-state index >= 15 is 0 Å². The molecule has 1 aliphatic heterocycles. The number of hydrogen-bond donors (Lipinski definition) is 0. The van der Waals surface area contributed by atoms with Gasteiger partial charge in [-0.25, -0.2) is 4.99 Å². The number of methoxy groups -OCH3 is 1.